The van der Waals surface area contributed by atoms with Crippen LogP contribution in [0.1, 0.15) is 59.0 Å². The average molecular weight is 492 g/mol. The number of nitrogens with one attached hydrogen (secondary N) is 2. The van der Waals surface area contributed by atoms with Gasteiger partial charge in [-0.15, -0.1) is 0 Å². The maximum absolute atomic E-state index is 13.7. The summed E-state index contributed by atoms with van der Waals surface area (Å²) in [6.45, 7) is 1.62. The summed E-state index contributed by atoms with van der Waals surface area (Å²) in [6, 6.07) is 15.5. The van der Waals surface area contributed by atoms with Crippen LogP contribution < -0.4 is 10.6 Å². The van der Waals surface area contributed by atoms with Crippen molar-refractivity contribution in [3.63, 3.8) is 0 Å². The number of amides is 3. The van der Waals surface area contributed by atoms with E-state index in [4.69, 9.17) is 4.42 Å². The Bertz CT molecular complexity index is 1190. The van der Waals surface area contributed by atoms with Crippen molar-refractivity contribution in [3.05, 3.63) is 95.2 Å². The Morgan fingerprint density at radius 1 is 1.03 bits per heavy atom. The molecule has 1 heterocycles. The monoisotopic (exact) mass is 491 g/mol. The number of benzene rings is 2. The molecule has 1 aliphatic rings. The minimum absolute atomic E-state index is 0.0606. The average Bonchev–Trinajstić information content (AvgIpc) is 3.59. The second kappa shape index (κ2) is 11.7. The van der Waals surface area contributed by atoms with Gasteiger partial charge in [0, 0.05) is 12.6 Å². The Balaban J connectivity index is 1.65. The number of aryl methyl sites for hydroxylation is 1. The van der Waals surface area contributed by atoms with Crippen LogP contribution in [0.5, 0.6) is 0 Å². The second-order valence-corrected chi connectivity index (χ2v) is 9.06. The van der Waals surface area contributed by atoms with Gasteiger partial charge in [-0.2, -0.15) is 0 Å². The molecule has 188 valence electrons. The number of halogens is 1. The predicted molar refractivity (Wildman–Crippen MR) is 132 cm³/mol. The Labute approximate surface area is 209 Å². The number of nitrogens with zero attached hydrogens (tertiary/aromatic N) is 1. The lowest BCUT2D eigenvalue weighted by Gasteiger charge is -2.33. The molecule has 36 heavy (non-hydrogen) atoms. The fourth-order valence-electron chi connectivity index (χ4n) is 4.56. The van der Waals surface area contributed by atoms with Crippen molar-refractivity contribution in [1.82, 2.24) is 15.5 Å². The lowest BCUT2D eigenvalue weighted by molar-refractivity contribution is -0.141. The van der Waals surface area contributed by atoms with Gasteiger partial charge in [0.2, 0.25) is 11.8 Å². The van der Waals surface area contributed by atoms with Gasteiger partial charge in [0.15, 0.2) is 5.76 Å². The van der Waals surface area contributed by atoms with Gasteiger partial charge in [0.05, 0.1) is 12.8 Å². The molecule has 1 atom stereocenters. The molecule has 8 heteroatoms. The van der Waals surface area contributed by atoms with Crippen LogP contribution in [0.25, 0.3) is 0 Å². The summed E-state index contributed by atoms with van der Waals surface area (Å²) in [4.78, 5) is 41.1. The summed E-state index contributed by atoms with van der Waals surface area (Å²) in [7, 11) is 0. The maximum Gasteiger partial charge on any atom is 0.287 e. The summed E-state index contributed by atoms with van der Waals surface area (Å²) in [5, 5.41) is 5.70. The largest absolute Gasteiger partial charge is 0.459 e. The van der Waals surface area contributed by atoms with Crippen molar-refractivity contribution >= 4 is 17.7 Å². The molecule has 0 bridgehead atoms. The lowest BCUT2D eigenvalue weighted by atomic mass is 9.97. The molecule has 0 aliphatic heterocycles. The number of rotatable bonds is 9. The van der Waals surface area contributed by atoms with E-state index in [-0.39, 0.29) is 30.8 Å². The third-order valence-electron chi connectivity index (χ3n) is 6.48. The zero-order valence-corrected chi connectivity index (χ0v) is 20.2. The highest BCUT2D eigenvalue weighted by molar-refractivity contribution is 5.95. The van der Waals surface area contributed by atoms with Crippen molar-refractivity contribution in [2.24, 2.45) is 0 Å². The predicted octanol–water partition coefficient (Wildman–Crippen LogP) is 4.29. The van der Waals surface area contributed by atoms with Crippen LogP contribution in [0.15, 0.2) is 71.3 Å². The van der Waals surface area contributed by atoms with Crippen LogP contribution in [-0.4, -0.2) is 35.2 Å². The summed E-state index contributed by atoms with van der Waals surface area (Å²) < 4.78 is 18.7. The highest BCUT2D eigenvalue weighted by Gasteiger charge is 2.34. The molecule has 0 saturated heterocycles. The highest BCUT2D eigenvalue weighted by Crippen LogP contribution is 2.28. The molecule has 1 aliphatic carbocycles. The van der Waals surface area contributed by atoms with Gasteiger partial charge in [0.25, 0.3) is 5.91 Å². The fraction of sp³-hybridized carbons (Fsp3) is 0.321. The topological polar surface area (TPSA) is 91.7 Å². The first-order chi connectivity index (χ1) is 17.4. The van der Waals surface area contributed by atoms with Gasteiger partial charge in [0.1, 0.15) is 11.9 Å². The van der Waals surface area contributed by atoms with Crippen LogP contribution in [0.2, 0.25) is 0 Å². The number of furan rings is 1. The standard InChI is InChI=1S/C28H30FN3O4/c1-19-7-2-5-10-23(19)26(28(35)31-22-8-3-4-9-22)32(18-20-12-14-21(29)15-13-20)25(33)17-30-27(34)24-11-6-16-36-24/h2,5-7,10-16,22,26H,3-4,8-9,17-18H2,1H3,(H,30,34)(H,31,35). The second-order valence-electron chi connectivity index (χ2n) is 9.06. The molecule has 0 spiro atoms. The molecule has 7 nitrogen and oxygen atoms in total. The van der Waals surface area contributed by atoms with Crippen LogP contribution in [0, 0.1) is 12.7 Å². The van der Waals surface area contributed by atoms with Crippen LogP contribution in [-0.2, 0) is 16.1 Å². The van der Waals surface area contributed by atoms with Crippen LogP contribution >= 0.6 is 0 Å². The zero-order valence-electron chi connectivity index (χ0n) is 20.2. The van der Waals surface area contributed by atoms with E-state index in [1.54, 1.807) is 18.2 Å². The van der Waals surface area contributed by atoms with Crippen molar-refractivity contribution in [2.45, 2.75) is 51.2 Å². The molecule has 2 aromatic carbocycles. The molecule has 0 radical (unpaired) electrons. The summed E-state index contributed by atoms with van der Waals surface area (Å²) in [5.74, 6) is -1.56. The molecule has 1 aromatic heterocycles. The molecule has 2 N–H and O–H groups in total. The fourth-order valence-corrected chi connectivity index (χ4v) is 4.56. The van der Waals surface area contributed by atoms with Crippen LogP contribution in [0.3, 0.4) is 0 Å². The summed E-state index contributed by atoms with van der Waals surface area (Å²) in [5.41, 5.74) is 2.22. The Hall–Kier alpha value is -3.94. The first-order valence-electron chi connectivity index (χ1n) is 12.1. The smallest absolute Gasteiger partial charge is 0.287 e. The maximum atomic E-state index is 13.7. The van der Waals surface area contributed by atoms with E-state index in [1.807, 2.05) is 31.2 Å². The van der Waals surface area contributed by atoms with Crippen LogP contribution in [0.4, 0.5) is 4.39 Å². The first kappa shape index (κ1) is 25.2. The minimum atomic E-state index is -0.926. The number of carbonyl (C=O) groups excluding carboxylic acids is 3. The minimum Gasteiger partial charge on any atom is -0.459 e. The molecular formula is C28H30FN3O4. The molecule has 4 rings (SSSR count). The number of hydrogen-bond acceptors (Lipinski definition) is 4. The number of carbonyl (C=O) groups is 3. The Morgan fingerprint density at radius 2 is 1.75 bits per heavy atom. The molecule has 1 fully saturated rings. The van der Waals surface area contributed by atoms with Crippen molar-refractivity contribution in [1.29, 1.82) is 0 Å². The molecule has 3 amide bonds. The van der Waals surface area contributed by atoms with Gasteiger partial charge in [-0.3, -0.25) is 14.4 Å². The third kappa shape index (κ3) is 6.19. The van der Waals surface area contributed by atoms with E-state index >= 15 is 0 Å². The van der Waals surface area contributed by atoms with Gasteiger partial charge >= 0.3 is 0 Å². The Kier molecular flexibility index (Phi) is 8.15. The van der Waals surface area contributed by atoms with Gasteiger partial charge in [-0.1, -0.05) is 49.2 Å². The SMILES string of the molecule is Cc1ccccc1C(C(=O)NC1CCCC1)N(Cc1ccc(F)cc1)C(=O)CNC(=O)c1ccco1. The van der Waals surface area contributed by atoms with E-state index in [0.717, 1.165) is 31.2 Å². The summed E-state index contributed by atoms with van der Waals surface area (Å²) in [6.07, 6.45) is 5.28. The lowest BCUT2D eigenvalue weighted by Crippen LogP contribution is -2.48. The molecular weight excluding hydrogens is 461 g/mol. The highest BCUT2D eigenvalue weighted by atomic mass is 19.1. The summed E-state index contributed by atoms with van der Waals surface area (Å²) >= 11 is 0. The quantitative estimate of drug-likeness (QED) is 0.467. The van der Waals surface area contributed by atoms with E-state index in [1.165, 1.54) is 29.4 Å². The van der Waals surface area contributed by atoms with E-state index in [0.29, 0.717) is 11.1 Å². The van der Waals surface area contributed by atoms with Crippen molar-refractivity contribution in [2.75, 3.05) is 6.54 Å². The van der Waals surface area contributed by atoms with E-state index in [9.17, 15) is 18.8 Å². The normalized spacial score (nSPS) is 14.3. The zero-order chi connectivity index (χ0) is 25.5. The Morgan fingerprint density at radius 3 is 2.42 bits per heavy atom. The number of hydrogen-bond donors (Lipinski definition) is 2. The van der Waals surface area contributed by atoms with E-state index in [2.05, 4.69) is 10.6 Å². The van der Waals surface area contributed by atoms with Gasteiger partial charge in [-0.05, 0) is 60.7 Å². The van der Waals surface area contributed by atoms with E-state index < -0.39 is 23.7 Å². The molecule has 1 unspecified atom stereocenters. The third-order valence-corrected chi connectivity index (χ3v) is 6.48. The van der Waals surface area contributed by atoms with Gasteiger partial charge < -0.3 is 20.0 Å². The molecule has 3 aromatic rings. The van der Waals surface area contributed by atoms with Crippen molar-refractivity contribution in [3.8, 4) is 0 Å². The molecule has 1 saturated carbocycles. The van der Waals surface area contributed by atoms with Crippen molar-refractivity contribution < 1.29 is 23.2 Å². The first-order valence-corrected chi connectivity index (χ1v) is 12.1. The van der Waals surface area contributed by atoms with Gasteiger partial charge in [-0.25, -0.2) is 4.39 Å².